The van der Waals surface area contributed by atoms with Crippen molar-refractivity contribution >= 4 is 29.1 Å². The number of methoxy groups -OCH3 is 2. The van der Waals surface area contributed by atoms with E-state index in [0.29, 0.717) is 82.3 Å². The Kier molecular flexibility index (Phi) is 10.8. The Morgan fingerprint density at radius 1 is 0.880 bits per heavy atom. The second-order valence-electron chi connectivity index (χ2n) is 13.1. The van der Waals surface area contributed by atoms with Gasteiger partial charge < -0.3 is 24.8 Å². The summed E-state index contributed by atoms with van der Waals surface area (Å²) in [6.07, 6.45) is 7.17. The summed E-state index contributed by atoms with van der Waals surface area (Å²) in [5.41, 5.74) is 5.56. The van der Waals surface area contributed by atoms with Crippen LogP contribution in [0.25, 0.3) is 33.6 Å². The summed E-state index contributed by atoms with van der Waals surface area (Å²) < 4.78 is 17.0. The van der Waals surface area contributed by atoms with Gasteiger partial charge in [-0.3, -0.25) is 19.7 Å². The zero-order chi connectivity index (χ0) is 34.6. The number of carbonyl (C=O) groups is 1. The van der Waals surface area contributed by atoms with Gasteiger partial charge in [0.15, 0.2) is 0 Å². The Hall–Kier alpha value is -3.87. The van der Waals surface area contributed by atoms with Crippen molar-refractivity contribution in [1.82, 2.24) is 35.5 Å². The highest BCUT2D eigenvalue weighted by Gasteiger charge is 2.32. The van der Waals surface area contributed by atoms with E-state index in [2.05, 4.69) is 20.5 Å². The smallest absolute Gasteiger partial charge is 0.237 e. The molecule has 5 heterocycles. The number of halogens is 2. The van der Waals surface area contributed by atoms with Crippen LogP contribution in [0.5, 0.6) is 11.8 Å². The van der Waals surface area contributed by atoms with Crippen molar-refractivity contribution in [2.24, 2.45) is 11.8 Å². The van der Waals surface area contributed by atoms with E-state index >= 15 is 0 Å². The van der Waals surface area contributed by atoms with E-state index in [4.69, 9.17) is 52.4 Å². The number of likely N-dealkylation sites (tertiary alicyclic amines) is 1. The van der Waals surface area contributed by atoms with Crippen molar-refractivity contribution in [3.8, 4) is 45.4 Å². The van der Waals surface area contributed by atoms with Crippen LogP contribution in [0, 0.1) is 11.8 Å². The van der Waals surface area contributed by atoms with E-state index in [1.165, 1.54) is 6.42 Å². The standard InChI is InChI=1S/C37H41Cl2N7O4/c1-48-36-31(16-40-15-24-9-10-33(47)43-24)41-17-29(44-36)27-7-3-5-25(34(27)38)26-6-4-8-28(35(26)39)30-18-42-32(37(45-30)49-2)20-46-13-11-22(19-46)23-12-14-50-21-23/h3-8,17-18,22-24,40H,9-16,19-21H2,1-2H3,(H,43,47). The van der Waals surface area contributed by atoms with Gasteiger partial charge in [0.1, 0.15) is 11.4 Å². The van der Waals surface area contributed by atoms with E-state index in [-0.39, 0.29) is 11.9 Å². The van der Waals surface area contributed by atoms with Crippen molar-refractivity contribution in [3.63, 3.8) is 0 Å². The van der Waals surface area contributed by atoms with Crippen LogP contribution >= 0.6 is 23.2 Å². The van der Waals surface area contributed by atoms with Crippen LogP contribution in [0.4, 0.5) is 0 Å². The van der Waals surface area contributed by atoms with Crippen LogP contribution in [0.1, 0.15) is 37.1 Å². The number of amides is 1. The topological polar surface area (TPSA) is 124 Å². The van der Waals surface area contributed by atoms with Crippen LogP contribution in [0.3, 0.4) is 0 Å². The molecule has 0 aliphatic carbocycles. The van der Waals surface area contributed by atoms with Crippen LogP contribution in [-0.2, 0) is 22.6 Å². The normalized spacial score (nSPS) is 20.7. The molecule has 3 aliphatic heterocycles. The lowest BCUT2D eigenvalue weighted by molar-refractivity contribution is -0.119. The molecule has 2 N–H and O–H groups in total. The fourth-order valence-electron chi connectivity index (χ4n) is 7.21. The molecule has 0 saturated carbocycles. The summed E-state index contributed by atoms with van der Waals surface area (Å²) in [5, 5.41) is 7.28. The molecule has 0 spiro atoms. The first kappa shape index (κ1) is 34.6. The first-order chi connectivity index (χ1) is 24.4. The zero-order valence-electron chi connectivity index (χ0n) is 28.3. The Balaban J connectivity index is 1.09. The molecule has 3 atom stereocenters. The van der Waals surface area contributed by atoms with Gasteiger partial charge >= 0.3 is 0 Å². The van der Waals surface area contributed by atoms with Gasteiger partial charge in [0.2, 0.25) is 17.7 Å². The highest BCUT2D eigenvalue weighted by molar-refractivity contribution is 6.39. The van der Waals surface area contributed by atoms with Crippen molar-refractivity contribution < 1.29 is 19.0 Å². The Morgan fingerprint density at radius 2 is 1.52 bits per heavy atom. The molecule has 7 rings (SSSR count). The van der Waals surface area contributed by atoms with E-state index in [1.54, 1.807) is 26.6 Å². The molecule has 262 valence electrons. The molecule has 13 heteroatoms. The van der Waals surface area contributed by atoms with Gasteiger partial charge in [0, 0.05) is 74.1 Å². The van der Waals surface area contributed by atoms with Crippen molar-refractivity contribution in [2.45, 2.75) is 44.8 Å². The lowest BCUT2D eigenvalue weighted by Crippen LogP contribution is -2.35. The second-order valence-corrected chi connectivity index (χ2v) is 13.9. The molecule has 11 nitrogen and oxygen atoms in total. The molecule has 0 radical (unpaired) electrons. The van der Waals surface area contributed by atoms with Crippen LogP contribution in [0.15, 0.2) is 48.8 Å². The SMILES string of the molecule is COc1nc(-c2cccc(-c3cccc(-c4cnc(CN5CCC(C6CCOC6)C5)c(OC)n4)c3Cl)c2Cl)cnc1CNCC1CCC(=O)N1. The van der Waals surface area contributed by atoms with Crippen molar-refractivity contribution in [3.05, 3.63) is 70.2 Å². The minimum atomic E-state index is 0.0884. The maximum absolute atomic E-state index is 11.5. The number of aromatic nitrogens is 4. The molecule has 50 heavy (non-hydrogen) atoms. The Morgan fingerprint density at radius 3 is 2.12 bits per heavy atom. The van der Waals surface area contributed by atoms with E-state index in [0.717, 1.165) is 61.5 Å². The van der Waals surface area contributed by atoms with Gasteiger partial charge in [0.25, 0.3) is 0 Å². The van der Waals surface area contributed by atoms with Gasteiger partial charge in [-0.2, -0.15) is 0 Å². The molecule has 3 unspecified atom stereocenters. The molecule has 4 aromatic rings. The van der Waals surface area contributed by atoms with Crippen LogP contribution in [-0.4, -0.2) is 83.9 Å². The third kappa shape index (κ3) is 7.43. The first-order valence-corrected chi connectivity index (χ1v) is 17.9. The largest absolute Gasteiger partial charge is 0.480 e. The fourth-order valence-corrected chi connectivity index (χ4v) is 7.86. The maximum atomic E-state index is 11.5. The summed E-state index contributed by atoms with van der Waals surface area (Å²) >= 11 is 14.2. The maximum Gasteiger partial charge on any atom is 0.237 e. The number of hydrogen-bond donors (Lipinski definition) is 2. The molecular weight excluding hydrogens is 677 g/mol. The lowest BCUT2D eigenvalue weighted by Gasteiger charge is -2.19. The average molecular weight is 719 g/mol. The van der Waals surface area contributed by atoms with Gasteiger partial charge in [-0.15, -0.1) is 0 Å². The van der Waals surface area contributed by atoms with Crippen molar-refractivity contribution in [1.29, 1.82) is 0 Å². The quantitative estimate of drug-likeness (QED) is 0.185. The van der Waals surface area contributed by atoms with Gasteiger partial charge in [-0.1, -0.05) is 59.6 Å². The Bertz CT molecular complexity index is 1850. The van der Waals surface area contributed by atoms with E-state index < -0.39 is 0 Å². The van der Waals surface area contributed by atoms with Crippen LogP contribution in [0.2, 0.25) is 10.0 Å². The molecule has 2 aromatic heterocycles. The number of rotatable bonds is 12. The fraction of sp³-hybridized carbons (Fsp3) is 0.432. The summed E-state index contributed by atoms with van der Waals surface area (Å²) in [5.74, 6) is 2.30. The first-order valence-electron chi connectivity index (χ1n) is 17.1. The molecule has 3 saturated heterocycles. The molecule has 0 bridgehead atoms. The zero-order valence-corrected chi connectivity index (χ0v) is 29.8. The highest BCUT2D eigenvalue weighted by Crippen LogP contribution is 2.42. The molecule has 1 amide bonds. The number of ether oxygens (including phenoxy) is 3. The minimum absolute atomic E-state index is 0.0884. The number of hydrogen-bond acceptors (Lipinski definition) is 10. The molecular formula is C37H41Cl2N7O4. The third-order valence-electron chi connectivity index (χ3n) is 9.93. The predicted molar refractivity (Wildman–Crippen MR) is 192 cm³/mol. The lowest BCUT2D eigenvalue weighted by atomic mass is 9.91. The number of carbonyl (C=O) groups excluding carboxylic acids is 1. The molecule has 3 aliphatic rings. The van der Waals surface area contributed by atoms with E-state index in [1.807, 2.05) is 36.4 Å². The third-order valence-corrected chi connectivity index (χ3v) is 10.7. The summed E-state index contributed by atoms with van der Waals surface area (Å²) in [4.78, 5) is 33.0. The molecule has 2 aromatic carbocycles. The number of nitrogens with zero attached hydrogens (tertiary/aromatic N) is 5. The monoisotopic (exact) mass is 717 g/mol. The highest BCUT2D eigenvalue weighted by atomic mass is 35.5. The van der Waals surface area contributed by atoms with Crippen molar-refractivity contribution in [2.75, 3.05) is 47.1 Å². The summed E-state index contributed by atoms with van der Waals surface area (Å²) in [6.45, 7) is 5.60. The van der Waals surface area contributed by atoms with E-state index in [9.17, 15) is 4.79 Å². The second kappa shape index (κ2) is 15.6. The summed E-state index contributed by atoms with van der Waals surface area (Å²) in [6, 6.07) is 11.6. The van der Waals surface area contributed by atoms with Gasteiger partial charge in [-0.05, 0) is 37.6 Å². The Labute approximate surface area is 302 Å². The summed E-state index contributed by atoms with van der Waals surface area (Å²) in [7, 11) is 3.19. The molecule has 3 fully saturated rings. The van der Waals surface area contributed by atoms with Gasteiger partial charge in [0.05, 0.1) is 48.0 Å². The predicted octanol–water partition coefficient (Wildman–Crippen LogP) is 5.82. The number of benzene rings is 2. The van der Waals surface area contributed by atoms with Crippen LogP contribution < -0.4 is 20.1 Å². The van der Waals surface area contributed by atoms with Gasteiger partial charge in [-0.25, -0.2) is 9.97 Å². The minimum Gasteiger partial charge on any atom is -0.480 e. The average Bonchev–Trinajstić information content (AvgIpc) is 3.92. The number of nitrogens with one attached hydrogen (secondary N) is 2.